The summed E-state index contributed by atoms with van der Waals surface area (Å²) in [7, 11) is -3.57. The van der Waals surface area contributed by atoms with Gasteiger partial charge >= 0.3 is 0 Å². The normalized spacial score (nSPS) is 10.5. The highest BCUT2D eigenvalue weighted by Gasteiger charge is 2.08. The first-order chi connectivity index (χ1) is 4.11. The minimum Gasteiger partial charge on any atom is -0.224 e. The van der Waals surface area contributed by atoms with Crippen LogP contribution in [-0.4, -0.2) is 18.0 Å². The van der Waals surface area contributed by atoms with E-state index in [0.29, 0.717) is 0 Å². The van der Waals surface area contributed by atoms with Crippen molar-refractivity contribution in [1.82, 2.24) is 9.59 Å². The first-order valence-electron chi connectivity index (χ1n) is 1.91. The zero-order chi connectivity index (χ0) is 6.91. The molecule has 0 unspecified atom stereocenters. The Morgan fingerprint density at radius 3 is 2.40 bits per heavy atom. The molecule has 0 bridgehead atoms. The maximum Gasteiger partial charge on any atom is 0.250 e. The summed E-state index contributed by atoms with van der Waals surface area (Å²) in [6, 6.07) is 0. The van der Waals surface area contributed by atoms with Crippen molar-refractivity contribution in [1.29, 1.82) is 0 Å². The van der Waals surface area contributed by atoms with Crippen LogP contribution in [0.2, 0.25) is 0 Å². The molecule has 1 aromatic heterocycles. The standard InChI is InChI=1S/C2H3N3O2S2.ClH/c3-9(6,7)2-1-4-5-8-2;/h1H,(H2,3,6,7);1H. The largest absolute Gasteiger partial charge is 0.250 e. The number of hydrogen-bond acceptors (Lipinski definition) is 5. The number of nitrogens with two attached hydrogens (primary N) is 1. The molecule has 1 rings (SSSR count). The van der Waals surface area contributed by atoms with Gasteiger partial charge in [0.05, 0.1) is 6.20 Å². The Morgan fingerprint density at radius 1 is 1.60 bits per heavy atom. The number of aromatic nitrogens is 2. The lowest BCUT2D eigenvalue weighted by Gasteiger charge is -1.83. The van der Waals surface area contributed by atoms with Crippen molar-refractivity contribution in [3.8, 4) is 0 Å². The molecule has 0 aliphatic heterocycles. The van der Waals surface area contributed by atoms with Gasteiger partial charge in [-0.3, -0.25) is 0 Å². The van der Waals surface area contributed by atoms with Gasteiger partial charge < -0.3 is 0 Å². The maximum atomic E-state index is 10.4. The summed E-state index contributed by atoms with van der Waals surface area (Å²) in [6.07, 6.45) is 1.11. The molecule has 0 radical (unpaired) electrons. The highest BCUT2D eigenvalue weighted by atomic mass is 35.5. The van der Waals surface area contributed by atoms with Gasteiger partial charge in [0.1, 0.15) is 0 Å². The smallest absolute Gasteiger partial charge is 0.224 e. The number of primary sulfonamides is 1. The molecule has 1 aromatic rings. The summed E-state index contributed by atoms with van der Waals surface area (Å²) in [5, 5.41) is 8.00. The minimum atomic E-state index is -3.57. The van der Waals surface area contributed by atoms with Crippen molar-refractivity contribution < 1.29 is 8.42 Å². The molecule has 10 heavy (non-hydrogen) atoms. The lowest BCUT2D eigenvalue weighted by Crippen LogP contribution is -2.09. The number of sulfonamides is 1. The minimum absolute atomic E-state index is 0. The molecule has 0 spiro atoms. The van der Waals surface area contributed by atoms with Gasteiger partial charge in [0.25, 0.3) is 10.0 Å². The van der Waals surface area contributed by atoms with Crippen LogP contribution in [0.1, 0.15) is 0 Å². The van der Waals surface area contributed by atoms with E-state index in [1.807, 2.05) is 0 Å². The van der Waals surface area contributed by atoms with Crippen molar-refractivity contribution in [2.24, 2.45) is 5.14 Å². The van der Waals surface area contributed by atoms with E-state index in [9.17, 15) is 8.42 Å². The topological polar surface area (TPSA) is 85.9 Å². The second-order valence-corrected chi connectivity index (χ2v) is 3.86. The van der Waals surface area contributed by atoms with Gasteiger partial charge in [0, 0.05) is 11.5 Å². The Labute approximate surface area is 67.9 Å². The van der Waals surface area contributed by atoms with E-state index in [4.69, 9.17) is 5.14 Å². The van der Waals surface area contributed by atoms with Crippen molar-refractivity contribution in [3.05, 3.63) is 6.20 Å². The van der Waals surface area contributed by atoms with Gasteiger partial charge in [0.15, 0.2) is 4.21 Å². The number of nitrogens with zero attached hydrogens (tertiary/aromatic N) is 2. The SMILES string of the molecule is Cl.NS(=O)(=O)c1cnns1. The quantitative estimate of drug-likeness (QED) is 0.671. The number of hydrogen-bond donors (Lipinski definition) is 1. The third-order valence-corrected chi connectivity index (χ3v) is 2.67. The second kappa shape index (κ2) is 3.24. The average Bonchev–Trinajstić information content (AvgIpc) is 2.08. The highest BCUT2D eigenvalue weighted by molar-refractivity contribution is 7.91. The molecule has 0 atom stereocenters. The van der Waals surface area contributed by atoms with Crippen molar-refractivity contribution in [2.75, 3.05) is 0 Å². The Balaban J connectivity index is 0.000000810. The van der Waals surface area contributed by atoms with Gasteiger partial charge in [-0.25, -0.2) is 13.6 Å². The molecule has 0 aliphatic carbocycles. The summed E-state index contributed by atoms with van der Waals surface area (Å²) in [5.41, 5.74) is 0. The first kappa shape index (κ1) is 9.76. The van der Waals surface area contributed by atoms with Crippen molar-refractivity contribution in [2.45, 2.75) is 4.21 Å². The van der Waals surface area contributed by atoms with E-state index < -0.39 is 10.0 Å². The molecular weight excluding hydrogens is 198 g/mol. The predicted molar refractivity (Wildman–Crippen MR) is 38.5 cm³/mol. The molecule has 0 saturated carbocycles. The summed E-state index contributed by atoms with van der Waals surface area (Å²) < 4.78 is 24.1. The zero-order valence-electron chi connectivity index (χ0n) is 4.59. The third kappa shape index (κ3) is 2.18. The molecule has 1 heterocycles. The highest BCUT2D eigenvalue weighted by Crippen LogP contribution is 2.06. The summed E-state index contributed by atoms with van der Waals surface area (Å²) in [4.78, 5) is 0. The molecule has 2 N–H and O–H groups in total. The van der Waals surface area contributed by atoms with E-state index in [2.05, 4.69) is 9.59 Å². The van der Waals surface area contributed by atoms with E-state index in [-0.39, 0.29) is 16.6 Å². The van der Waals surface area contributed by atoms with Crippen molar-refractivity contribution >= 4 is 34.0 Å². The summed E-state index contributed by atoms with van der Waals surface area (Å²) in [6.45, 7) is 0. The Hall–Kier alpha value is -0.240. The van der Waals surface area contributed by atoms with Crippen LogP contribution >= 0.6 is 23.9 Å². The van der Waals surface area contributed by atoms with Crippen LogP contribution in [0.5, 0.6) is 0 Å². The lowest BCUT2D eigenvalue weighted by molar-refractivity contribution is 0.599. The molecule has 8 heteroatoms. The predicted octanol–water partition coefficient (Wildman–Crippen LogP) is -0.393. The summed E-state index contributed by atoms with van der Waals surface area (Å²) >= 11 is 0.756. The van der Waals surface area contributed by atoms with Gasteiger partial charge in [-0.1, -0.05) is 4.49 Å². The Bertz CT molecular complexity index is 279. The van der Waals surface area contributed by atoms with E-state index >= 15 is 0 Å². The van der Waals surface area contributed by atoms with E-state index in [0.717, 1.165) is 17.7 Å². The molecule has 5 nitrogen and oxygen atoms in total. The van der Waals surface area contributed by atoms with Gasteiger partial charge in [-0.15, -0.1) is 17.5 Å². The van der Waals surface area contributed by atoms with Crippen LogP contribution in [-0.2, 0) is 10.0 Å². The fourth-order valence-corrected chi connectivity index (χ4v) is 1.26. The van der Waals surface area contributed by atoms with Crippen LogP contribution in [0.15, 0.2) is 10.4 Å². The molecular formula is C2H4ClN3O2S2. The average molecular weight is 202 g/mol. The third-order valence-electron chi connectivity index (χ3n) is 0.622. The van der Waals surface area contributed by atoms with Crippen LogP contribution in [0, 0.1) is 0 Å². The summed E-state index contributed by atoms with van der Waals surface area (Å²) in [5.74, 6) is 0. The first-order valence-corrected chi connectivity index (χ1v) is 4.23. The molecule has 0 aromatic carbocycles. The fourth-order valence-electron chi connectivity index (χ4n) is 0.283. The maximum absolute atomic E-state index is 10.4. The van der Waals surface area contributed by atoms with Crippen LogP contribution in [0.25, 0.3) is 0 Å². The van der Waals surface area contributed by atoms with E-state index in [1.165, 1.54) is 0 Å². The molecule has 58 valence electrons. The van der Waals surface area contributed by atoms with E-state index in [1.54, 1.807) is 0 Å². The molecule has 0 fully saturated rings. The molecule has 0 amide bonds. The Kier molecular flexibility index (Phi) is 3.16. The fraction of sp³-hybridized carbons (Fsp3) is 0. The molecule has 0 saturated heterocycles. The van der Waals surface area contributed by atoms with Crippen LogP contribution < -0.4 is 5.14 Å². The van der Waals surface area contributed by atoms with Gasteiger partial charge in [-0.2, -0.15) is 0 Å². The Morgan fingerprint density at radius 2 is 2.20 bits per heavy atom. The second-order valence-electron chi connectivity index (χ2n) is 1.28. The van der Waals surface area contributed by atoms with Crippen LogP contribution in [0.4, 0.5) is 0 Å². The monoisotopic (exact) mass is 201 g/mol. The number of halogens is 1. The lowest BCUT2D eigenvalue weighted by atomic mass is 11.0. The molecule has 0 aliphatic rings. The van der Waals surface area contributed by atoms with Crippen LogP contribution in [0.3, 0.4) is 0 Å². The zero-order valence-corrected chi connectivity index (χ0v) is 7.04. The van der Waals surface area contributed by atoms with Gasteiger partial charge in [0.2, 0.25) is 0 Å². The number of rotatable bonds is 1. The van der Waals surface area contributed by atoms with Crippen molar-refractivity contribution in [3.63, 3.8) is 0 Å². The van der Waals surface area contributed by atoms with Gasteiger partial charge in [-0.05, 0) is 0 Å².